The summed E-state index contributed by atoms with van der Waals surface area (Å²) in [4.78, 5) is 167. The molecule has 0 saturated heterocycles. The summed E-state index contributed by atoms with van der Waals surface area (Å²) in [6.07, 6.45) is 9.04. The smallest absolute Gasteiger partial charge is 0.322 e. The Hall–Kier alpha value is -10.2. The van der Waals surface area contributed by atoms with Gasteiger partial charge in [0.2, 0.25) is 0 Å². The summed E-state index contributed by atoms with van der Waals surface area (Å²) in [7, 11) is 0. The fourth-order valence-electron chi connectivity index (χ4n) is 8.49. The highest BCUT2D eigenvalue weighted by Crippen LogP contribution is 2.13. The van der Waals surface area contributed by atoms with E-state index >= 15 is 0 Å². The maximum absolute atomic E-state index is 11.2. The summed E-state index contributed by atoms with van der Waals surface area (Å²) >= 11 is 4.92. The molecule has 0 radical (unpaired) electrons. The molecule has 0 heterocycles. The Labute approximate surface area is 888 Å². The van der Waals surface area contributed by atoms with Gasteiger partial charge in [0.05, 0.1) is 32.8 Å². The first-order valence-corrected chi connectivity index (χ1v) is 49.9. The molecule has 0 spiro atoms. The third-order valence-electron chi connectivity index (χ3n) is 16.3. The first kappa shape index (κ1) is 166. The fraction of sp³-hybridized carbons (Fsp3) is 0.620. The largest absolute Gasteiger partial charge is 0.480 e. The molecule has 0 aromatic heterocycles. The maximum Gasteiger partial charge on any atom is 0.322 e. The van der Waals surface area contributed by atoms with Crippen molar-refractivity contribution in [3.8, 4) is 0 Å². The molecular formula is C100H186N14O31S3. The van der Waals surface area contributed by atoms with Gasteiger partial charge in [-0.05, 0) is 204 Å². The summed E-state index contributed by atoms with van der Waals surface area (Å²) < 4.78 is 15.2. The highest BCUT2D eigenvalue weighted by Gasteiger charge is 2.21. The Bertz CT molecular complexity index is 3660. The minimum Gasteiger partial charge on any atom is -0.480 e. The number of carbonyl (C=O) groups excluding carboxylic acids is 4. The Kier molecular flexibility index (Phi) is 123. The van der Waals surface area contributed by atoms with Crippen molar-refractivity contribution in [3.63, 3.8) is 0 Å². The van der Waals surface area contributed by atoms with Crippen LogP contribution in [0.3, 0.4) is 0 Å². The molecule has 0 aromatic carbocycles. The normalized spacial score (nSPS) is 12.3. The summed E-state index contributed by atoms with van der Waals surface area (Å²) in [5.41, 5.74) is 73.7. The van der Waals surface area contributed by atoms with Crippen LogP contribution < -0.4 is 79.4 Å². The summed E-state index contributed by atoms with van der Waals surface area (Å²) in [5, 5.41) is 107. The van der Waals surface area contributed by atoms with E-state index in [1.165, 1.54) is 18.7 Å². The molecule has 0 aromatic rings. The third-order valence-corrected chi connectivity index (χ3v) is 20.1. The zero-order chi connectivity index (χ0) is 117. The van der Waals surface area contributed by atoms with Gasteiger partial charge < -0.3 is 155 Å². The second kappa shape index (κ2) is 110. The van der Waals surface area contributed by atoms with Crippen molar-refractivity contribution in [1.29, 1.82) is 0 Å². The number of hydrogen-bond acceptors (Lipinski definition) is 36. The van der Waals surface area contributed by atoms with Crippen LogP contribution in [-0.2, 0) is 90.9 Å². The van der Waals surface area contributed by atoms with Crippen LogP contribution in [0.25, 0.3) is 0 Å². The Morgan fingerprint density at radius 2 is 0.554 bits per heavy atom. The lowest BCUT2D eigenvalue weighted by molar-refractivity contribution is -0.140. The summed E-state index contributed by atoms with van der Waals surface area (Å²) in [5.74, 6) is -7.66. The van der Waals surface area contributed by atoms with Crippen LogP contribution in [0.1, 0.15) is 225 Å². The SMILES string of the molecule is C.C=C(C)CC(=O)CC(N)C(=O)O.C=C(C)CC(=O)CCCC(N)C(=O)O.C=C(C)CCCC(N)C(=O)O.C=C(C)CNCCC(N)C(=O)O.C=C(C)CNCCCC(N)C(=O)O.C=C(C)COCC(N)C(=O)O.C=C(C)COCCC(N)C(=O)O.C=C(C)COCCCC(N)C(=O)O.C=C(C)CSCC(N)C(=O)O.C=C(C)CSCCC(N)C(=O)O.C=C(C)CSCCCC(N)C(=O)O.CC(=O)CC(=O)CCC(N)C(=O)O. The maximum atomic E-state index is 11.2. The predicted molar refractivity (Wildman–Crippen MR) is 590 cm³/mol. The van der Waals surface area contributed by atoms with Crippen LogP contribution in [0.15, 0.2) is 134 Å². The van der Waals surface area contributed by atoms with Gasteiger partial charge in [0.1, 0.15) is 95.6 Å². The zero-order valence-corrected chi connectivity index (χ0v) is 91.1. The van der Waals surface area contributed by atoms with Crippen LogP contribution in [0.2, 0.25) is 0 Å². The molecule has 0 aliphatic heterocycles. The number of rotatable bonds is 72. The van der Waals surface area contributed by atoms with E-state index in [2.05, 4.69) is 83.0 Å². The Morgan fingerprint density at radius 1 is 0.257 bits per heavy atom. The molecule has 38 N–H and O–H groups in total. The van der Waals surface area contributed by atoms with Crippen LogP contribution in [0, 0.1) is 0 Å². The van der Waals surface area contributed by atoms with E-state index in [9.17, 15) is 76.7 Å². The molecule has 0 amide bonds. The van der Waals surface area contributed by atoms with Crippen molar-refractivity contribution in [2.75, 3.05) is 100 Å². The topological polar surface area (TPSA) is 880 Å². The van der Waals surface area contributed by atoms with Crippen molar-refractivity contribution in [2.24, 2.45) is 68.8 Å². The number of thioether (sulfide) groups is 3. The average molecular weight is 2180 g/mol. The number of aliphatic carboxylic acids is 12. The van der Waals surface area contributed by atoms with Crippen LogP contribution in [-0.4, -0.2) is 329 Å². The monoisotopic (exact) mass is 2180 g/mol. The number of hydrogen-bond donors (Lipinski definition) is 26. The number of ether oxygens (including phenoxy) is 3. The fourth-order valence-corrected chi connectivity index (χ4v) is 11.1. The quantitative estimate of drug-likeness (QED) is 0.0158. The molecule has 148 heavy (non-hydrogen) atoms. The van der Waals surface area contributed by atoms with E-state index in [1.54, 1.807) is 44.3 Å². The van der Waals surface area contributed by atoms with Crippen molar-refractivity contribution in [2.45, 2.75) is 298 Å². The van der Waals surface area contributed by atoms with E-state index in [0.717, 1.165) is 129 Å². The van der Waals surface area contributed by atoms with E-state index in [1.807, 2.05) is 55.4 Å². The van der Waals surface area contributed by atoms with Crippen LogP contribution >= 0.6 is 35.3 Å². The van der Waals surface area contributed by atoms with Gasteiger partial charge in [0.25, 0.3) is 0 Å². The van der Waals surface area contributed by atoms with E-state index in [4.69, 9.17) is 144 Å². The number of carbonyl (C=O) groups is 16. The summed E-state index contributed by atoms with van der Waals surface area (Å²) in [6, 6.07) is -9.87. The lowest BCUT2D eigenvalue weighted by atomic mass is 10.0. The molecule has 0 aliphatic carbocycles. The van der Waals surface area contributed by atoms with Crippen molar-refractivity contribution in [1.82, 2.24) is 10.6 Å². The van der Waals surface area contributed by atoms with E-state index in [-0.39, 0.29) is 69.3 Å². The minimum atomic E-state index is -1.15. The van der Waals surface area contributed by atoms with Gasteiger partial charge in [-0.3, -0.25) is 76.7 Å². The van der Waals surface area contributed by atoms with Crippen LogP contribution in [0.4, 0.5) is 0 Å². The van der Waals surface area contributed by atoms with Gasteiger partial charge in [-0.1, -0.05) is 135 Å². The van der Waals surface area contributed by atoms with E-state index < -0.39 is 144 Å². The molecular weight excluding hydrogens is 1990 g/mol. The highest BCUT2D eigenvalue weighted by atomic mass is 32.2. The minimum absolute atomic E-state index is 0. The molecule has 860 valence electrons. The van der Waals surface area contributed by atoms with Gasteiger partial charge in [0.15, 0.2) is 0 Å². The second-order valence-electron chi connectivity index (χ2n) is 34.6. The second-order valence-corrected chi connectivity index (χ2v) is 37.9. The third kappa shape index (κ3) is 151. The molecule has 48 heteroatoms. The molecule has 0 rings (SSSR count). The molecule has 45 nitrogen and oxygen atoms in total. The molecule has 12 atom stereocenters. The summed E-state index contributed by atoms with van der Waals surface area (Å²) in [6.45, 7) is 67.5. The van der Waals surface area contributed by atoms with Crippen molar-refractivity contribution in [3.05, 3.63) is 134 Å². The Balaban J connectivity index is -0.000000122. The number of carboxylic acids is 12. The number of carboxylic acid groups (broad SMARTS) is 12. The molecule has 0 fully saturated rings. The van der Waals surface area contributed by atoms with Gasteiger partial charge in [-0.25, -0.2) is 0 Å². The standard InChI is InChI=1S/C10H17NO3.C9H18N2O2.C9H17NO3.C9H17NO2S.C8H16N2O2.C8H13NO4.C8H13NO3.C8H15NO3.C8H15NO2S.C8H15NO2.C7H13NO3.C7H13NO2S.CH4/c1-7(2)6-8(12)4-3-5-9(11)10(13)14;1-7(2)6-11-5-3-4-8(10)9(12)13;2*1-7(2)6-13-5-3-4-8(10)9(11)12;1-6(2)5-10-4-3-7(9)8(11)12;1-5(10)4-6(11)2-3-7(9)8(12)13;1-5(2)3-6(10)4-7(9)8(11)12;2*1-6(2)5-12-4-3-7(9)8(10)11;1-6(2)4-3-5-7(9)8(10)11;2*1-5(2)3-11-4-6(8)7(9)10;/h9H,1,3-6,11H2,2H3,(H,13,14);8,11H,1,3-6,10H2,2H3,(H,12,13);2*8H,1,3-6,10H2,2H3,(H,11,12);7,10H,1,3-5,9H2,2H3,(H,11,12);7H,2-4,9H2,1H3,(H,12,13);7H,1,3-4,9H2,2H3,(H,11,12);2*7H,1,3-5,9H2,2H3,(H,10,11);7H,1,3-5,9H2,2H3,(H,10,11);2*6H,1,3-4,8H2,2H3,(H,9,10);1H4. The predicted octanol–water partition coefficient (Wildman–Crippen LogP) is 7.67. The van der Waals surface area contributed by atoms with Crippen molar-refractivity contribution < 1.29 is 152 Å². The Morgan fingerprint density at radius 3 is 0.905 bits per heavy atom. The number of allylic oxidation sites excluding steroid dienone is 3. The molecule has 12 unspecified atom stereocenters. The highest BCUT2D eigenvalue weighted by molar-refractivity contribution is 7.99. The number of nitrogens with two attached hydrogens (primary N) is 12. The first-order chi connectivity index (χ1) is 67.6. The first-order valence-electron chi connectivity index (χ1n) is 46.4. The molecule has 0 saturated carbocycles. The lowest BCUT2D eigenvalue weighted by Gasteiger charge is -2.06. The lowest BCUT2D eigenvalue weighted by Crippen LogP contribution is -2.35. The number of nitrogens with one attached hydrogen (secondary N) is 2. The van der Waals surface area contributed by atoms with Gasteiger partial charge in [-0.2, -0.15) is 35.3 Å². The van der Waals surface area contributed by atoms with Gasteiger partial charge in [0, 0.05) is 81.4 Å². The zero-order valence-electron chi connectivity index (χ0n) is 88.6. The van der Waals surface area contributed by atoms with E-state index in [0.29, 0.717) is 129 Å². The van der Waals surface area contributed by atoms with Gasteiger partial charge >= 0.3 is 71.6 Å². The van der Waals surface area contributed by atoms with Gasteiger partial charge in [-0.15, -0.1) is 6.58 Å². The number of ketones is 4. The molecule has 0 aliphatic rings. The molecule has 0 bridgehead atoms. The van der Waals surface area contributed by atoms with Crippen LogP contribution in [0.5, 0.6) is 0 Å². The number of Topliss-reactive ketones (excluding diaryl/α,β-unsaturated/α-hetero) is 4. The van der Waals surface area contributed by atoms with Crippen molar-refractivity contribution >= 4 is 130 Å². The average Bonchev–Trinajstić information content (AvgIpc) is 0.965.